The Balaban J connectivity index is 0.000000285. The Morgan fingerprint density at radius 2 is 0.600 bits per heavy atom. The van der Waals surface area contributed by atoms with Gasteiger partial charge in [0.05, 0.1) is 68.7 Å². The van der Waals surface area contributed by atoms with E-state index in [-0.39, 0.29) is 37.1 Å². The summed E-state index contributed by atoms with van der Waals surface area (Å²) in [5, 5.41) is 19.5. The Morgan fingerprint density at radius 3 is 0.925 bits per heavy atom. The molecule has 120 heavy (non-hydrogen) atoms. The van der Waals surface area contributed by atoms with E-state index in [1.807, 2.05) is 40.1 Å². The van der Waals surface area contributed by atoms with Crippen molar-refractivity contribution in [3.8, 4) is 0 Å². The maximum absolute atomic E-state index is 11.8. The number of ether oxygens (including phenoxy) is 5. The van der Waals surface area contributed by atoms with Crippen LogP contribution in [-0.2, 0) is 42.9 Å². The predicted molar refractivity (Wildman–Crippen MR) is 501 cm³/mol. The lowest BCUT2D eigenvalue weighted by Gasteiger charge is -2.26. The number of unbranched alkanes of at least 4 members (excludes halogenated alkanes) is 26. The Bertz CT molecular complexity index is 2560. The van der Waals surface area contributed by atoms with Crippen molar-refractivity contribution in [3.63, 3.8) is 0 Å². The summed E-state index contributed by atoms with van der Waals surface area (Å²) in [7, 11) is 16.4. The number of carbonyl (C=O) groups is 4. The summed E-state index contributed by atoms with van der Waals surface area (Å²) in [4.78, 5) is 51.2. The van der Waals surface area contributed by atoms with E-state index >= 15 is 0 Å². The quantitative estimate of drug-likeness (QED) is 0.0256. The summed E-state index contributed by atoms with van der Waals surface area (Å²) in [6, 6.07) is 0. The Kier molecular flexibility index (Phi) is 58.0. The zero-order valence-corrected chi connectivity index (χ0v) is 81.5. The fourth-order valence-electron chi connectivity index (χ4n) is 20.3. The number of nitrogens with zero attached hydrogens (tertiary/aromatic N) is 4. The zero-order chi connectivity index (χ0) is 87.2. The second-order valence-corrected chi connectivity index (χ2v) is 43.0. The van der Waals surface area contributed by atoms with Crippen molar-refractivity contribution in [2.75, 3.05) is 135 Å². The summed E-state index contributed by atoms with van der Waals surface area (Å²) in [6.45, 7) is 21.3. The van der Waals surface area contributed by atoms with E-state index in [1.54, 1.807) is 51.4 Å². The van der Waals surface area contributed by atoms with Crippen LogP contribution in [0.15, 0.2) is 0 Å². The van der Waals surface area contributed by atoms with Crippen LogP contribution < -0.4 is 0 Å². The fraction of sp³-hybridized carbons (Fsp3) is 0.962. The topological polar surface area (TPSA) is 161 Å². The molecule has 8 aliphatic rings. The van der Waals surface area contributed by atoms with Crippen LogP contribution in [-0.4, -0.2) is 200 Å². The number of hydrogen-bond donors (Lipinski definition) is 2. The molecule has 18 atom stereocenters. The third-order valence-electron chi connectivity index (χ3n) is 29.1. The van der Waals surface area contributed by atoms with E-state index in [2.05, 4.69) is 67.6 Å². The maximum atomic E-state index is 11.8. The summed E-state index contributed by atoms with van der Waals surface area (Å²) in [6.07, 6.45) is 73.2. The number of carbonyl (C=O) groups excluding carboxylic acids is 4. The standard InChI is InChI=1S/C29H53NO3.C27H50NO2.C25H50NO3.C24H47NO3/c1-4-23-18-25(23)20-27-22-28(27)21-26-19-24(26)12-10-8-7-9-11-13-29(31)33-17-16-32-15-14-30(5-2)6-3;1-5-21-16-23(21)18-25-20-26(25)19-24-17-22(24)12-9-7-6-8-10-13-27(29)30-15-11-14-28(2,3)4;1-5-6-7-8-10-13-16-22-19-23(22)17-14-11-9-12-15-18-25(28)29-21-24(27)20-26(2,3)4;1-4-5-6-7-9-12-15-21-18-22(21)16-13-10-8-11-14-17-24(27)28-20-23(26)19-25(2)3/h23-28H,4-22H2,1-3H3;21-26H,5-20H2,1-4H3;22-24,27H,5-21H2,1-4H3;21-23,26H,4-20H2,1-3H3/q;2*+1;. The van der Waals surface area contributed by atoms with Gasteiger partial charge in [-0.1, -0.05) is 273 Å². The highest BCUT2D eigenvalue weighted by Crippen LogP contribution is 2.60. The minimum absolute atomic E-state index is 0.00233. The smallest absolute Gasteiger partial charge is 0.305 e. The van der Waals surface area contributed by atoms with Crippen molar-refractivity contribution < 1.29 is 62.0 Å². The molecule has 0 radical (unpaired) electrons. The highest BCUT2D eigenvalue weighted by molar-refractivity contribution is 5.70. The molecule has 2 N–H and O–H groups in total. The maximum Gasteiger partial charge on any atom is 0.305 e. The summed E-state index contributed by atoms with van der Waals surface area (Å²) < 4.78 is 28.1. The van der Waals surface area contributed by atoms with Gasteiger partial charge < -0.3 is 52.7 Å². The van der Waals surface area contributed by atoms with Gasteiger partial charge in [0.25, 0.3) is 0 Å². The number of rotatable bonds is 76. The number of aliphatic hydroxyl groups excluding tert-OH is 2. The van der Waals surface area contributed by atoms with Crippen LogP contribution in [0.3, 0.4) is 0 Å². The summed E-state index contributed by atoms with van der Waals surface area (Å²) in [5.41, 5.74) is 0. The van der Waals surface area contributed by atoms with Crippen LogP contribution in [0.25, 0.3) is 0 Å². The van der Waals surface area contributed by atoms with E-state index < -0.39 is 12.2 Å². The molecule has 8 aliphatic carbocycles. The molecule has 704 valence electrons. The average Bonchev–Trinajstić information content (AvgIpc) is 1.63. The number of aliphatic hydroxyl groups is 2. The second kappa shape index (κ2) is 64.4. The number of likely N-dealkylation sites (N-methyl/N-ethyl adjacent to an activating group) is 3. The summed E-state index contributed by atoms with van der Waals surface area (Å²) in [5.74, 6) is 16.9. The van der Waals surface area contributed by atoms with Gasteiger partial charge in [0.1, 0.15) is 38.6 Å². The second-order valence-electron chi connectivity index (χ2n) is 43.0. The molecule has 15 heteroatoms. The van der Waals surface area contributed by atoms with Crippen molar-refractivity contribution in [2.45, 2.75) is 420 Å². The van der Waals surface area contributed by atoms with Gasteiger partial charge >= 0.3 is 23.9 Å². The summed E-state index contributed by atoms with van der Waals surface area (Å²) >= 11 is 0. The lowest BCUT2D eigenvalue weighted by molar-refractivity contribution is -0.873. The Hall–Kier alpha value is -2.40. The van der Waals surface area contributed by atoms with Crippen molar-refractivity contribution in [3.05, 3.63) is 0 Å². The van der Waals surface area contributed by atoms with Crippen LogP contribution in [0.5, 0.6) is 0 Å². The van der Waals surface area contributed by atoms with Crippen molar-refractivity contribution in [1.29, 1.82) is 0 Å². The van der Waals surface area contributed by atoms with E-state index in [4.69, 9.17) is 23.7 Å². The third kappa shape index (κ3) is 58.1. The van der Waals surface area contributed by atoms with Gasteiger partial charge in [0, 0.05) is 45.2 Å². The molecule has 0 aromatic rings. The molecule has 0 aromatic heterocycles. The Labute approximate surface area is 741 Å². The molecule has 0 amide bonds. The van der Waals surface area contributed by atoms with Gasteiger partial charge in [-0.2, -0.15) is 0 Å². The van der Waals surface area contributed by atoms with Crippen LogP contribution in [0.4, 0.5) is 0 Å². The fourth-order valence-corrected chi connectivity index (χ4v) is 20.3. The molecule has 0 heterocycles. The molecule has 8 saturated carbocycles. The predicted octanol–water partition coefficient (Wildman–Crippen LogP) is 24.5. The highest BCUT2D eigenvalue weighted by Gasteiger charge is 2.50. The van der Waals surface area contributed by atoms with Crippen LogP contribution in [0, 0.1) is 94.7 Å². The van der Waals surface area contributed by atoms with Gasteiger partial charge in [0.15, 0.2) is 0 Å². The molecule has 0 aromatic carbocycles. The number of quaternary nitrogens is 2. The molecule has 0 bridgehead atoms. The van der Waals surface area contributed by atoms with Crippen LogP contribution in [0.1, 0.15) is 408 Å². The van der Waals surface area contributed by atoms with Gasteiger partial charge in [0.2, 0.25) is 0 Å². The molecule has 15 nitrogen and oxygen atoms in total. The largest absolute Gasteiger partial charge is 0.465 e. The molecule has 18 unspecified atom stereocenters. The van der Waals surface area contributed by atoms with Gasteiger partial charge in [-0.3, -0.25) is 19.2 Å². The van der Waals surface area contributed by atoms with E-state index in [0.717, 1.165) is 177 Å². The molecule has 0 spiro atoms. The highest BCUT2D eigenvalue weighted by atomic mass is 16.6. The number of hydrogen-bond acceptors (Lipinski definition) is 13. The molecular formula is C105H200N4O11+2. The molecule has 0 aliphatic heterocycles. The monoisotopic (exact) mass is 1690 g/mol. The van der Waals surface area contributed by atoms with Gasteiger partial charge in [-0.15, -0.1) is 0 Å². The SMILES string of the molecule is CCC1CC1CC1CC1CC1CC1CCCCCCCC(=O)OCCC[N+](C)(C)C.CCC1CC1CC1CC1CC1CC1CCCCCCCC(=O)OCCOCCN(CC)CC.CCCCCCCCC1CC1CCCCCCCC(=O)OCC(O)CN(C)C.CCCCCCCCC1CC1CCCCCCCC(=O)OCC(O)C[N+](C)(C)C. The van der Waals surface area contributed by atoms with E-state index in [9.17, 15) is 29.4 Å². The first kappa shape index (κ1) is 108. The molecular weight excluding hydrogens is 1490 g/mol. The lowest BCUT2D eigenvalue weighted by Crippen LogP contribution is -2.43. The average molecular weight is 1690 g/mol. The van der Waals surface area contributed by atoms with Crippen LogP contribution >= 0.6 is 0 Å². The van der Waals surface area contributed by atoms with Crippen LogP contribution in [0.2, 0.25) is 0 Å². The van der Waals surface area contributed by atoms with E-state index in [1.165, 1.54) is 238 Å². The molecule has 8 rings (SSSR count). The molecule has 0 saturated heterocycles. The first-order chi connectivity index (χ1) is 57.8. The first-order valence-electron chi connectivity index (χ1n) is 52.4. The minimum atomic E-state index is -0.591. The first-order valence-corrected chi connectivity index (χ1v) is 52.4. The zero-order valence-electron chi connectivity index (χ0n) is 81.5. The van der Waals surface area contributed by atoms with Crippen molar-refractivity contribution >= 4 is 23.9 Å². The lowest BCUT2D eigenvalue weighted by atomic mass is 10.0. The molecule has 8 fully saturated rings. The third-order valence-corrected chi connectivity index (χ3v) is 29.1. The van der Waals surface area contributed by atoms with Gasteiger partial charge in [-0.05, 0) is 225 Å². The van der Waals surface area contributed by atoms with Crippen molar-refractivity contribution in [2.24, 2.45) is 94.7 Å². The van der Waals surface area contributed by atoms with Gasteiger partial charge in [-0.25, -0.2) is 0 Å². The minimum Gasteiger partial charge on any atom is -0.465 e. The van der Waals surface area contributed by atoms with Crippen molar-refractivity contribution in [1.82, 2.24) is 9.80 Å². The number of esters is 4. The van der Waals surface area contributed by atoms with E-state index in [0.29, 0.717) is 69.7 Å². The normalized spacial score (nSPS) is 25.7. The Morgan fingerprint density at radius 1 is 0.317 bits per heavy atom.